The first-order chi connectivity index (χ1) is 10.2. The van der Waals surface area contributed by atoms with Gasteiger partial charge in [0.1, 0.15) is 11.6 Å². The number of thioether (sulfide) groups is 1. The van der Waals surface area contributed by atoms with Crippen molar-refractivity contribution in [1.29, 1.82) is 5.26 Å². The number of aromatic nitrogens is 2. The second-order valence-electron chi connectivity index (χ2n) is 4.09. The van der Waals surface area contributed by atoms with Gasteiger partial charge in [-0.2, -0.15) is 5.26 Å². The van der Waals surface area contributed by atoms with Crippen molar-refractivity contribution in [3.05, 3.63) is 34.3 Å². The number of nitriles is 1. The average molecular weight is 364 g/mol. The number of nitrogens with zero attached hydrogens (tertiary/aromatic N) is 3. The monoisotopic (exact) mass is 363 g/mol. The van der Waals surface area contributed by atoms with Gasteiger partial charge < -0.3 is 10.6 Å². The van der Waals surface area contributed by atoms with Gasteiger partial charge in [0, 0.05) is 17.1 Å². The summed E-state index contributed by atoms with van der Waals surface area (Å²) in [6.07, 6.45) is 1.94. The van der Waals surface area contributed by atoms with Crippen molar-refractivity contribution in [2.45, 2.75) is 12.1 Å². The highest BCUT2D eigenvalue weighted by Gasteiger charge is 2.06. The van der Waals surface area contributed by atoms with Gasteiger partial charge in [0.2, 0.25) is 0 Å². The minimum atomic E-state index is 0.605. The van der Waals surface area contributed by atoms with Gasteiger partial charge in [0.05, 0.1) is 17.3 Å². The molecule has 7 heteroatoms. The zero-order valence-corrected chi connectivity index (χ0v) is 14.0. The number of hydrogen-bond acceptors (Lipinski definition) is 6. The molecule has 0 saturated carbocycles. The molecule has 2 N–H and O–H groups in total. The largest absolute Gasteiger partial charge is 0.370 e. The molecular weight excluding hydrogens is 350 g/mol. The first-order valence-corrected chi connectivity index (χ1v) is 8.31. The van der Waals surface area contributed by atoms with Crippen molar-refractivity contribution in [3.8, 4) is 6.07 Å². The van der Waals surface area contributed by atoms with Gasteiger partial charge >= 0.3 is 0 Å². The van der Waals surface area contributed by atoms with Crippen LogP contribution in [0.1, 0.15) is 12.5 Å². The quantitative estimate of drug-likeness (QED) is 0.617. The predicted octanol–water partition coefficient (Wildman–Crippen LogP) is 4.01. The fourth-order valence-corrected chi connectivity index (χ4v) is 2.53. The summed E-state index contributed by atoms with van der Waals surface area (Å²) >= 11 is 4.94. The SMILES string of the molecule is CCNc1cc(Nc2ccc(C#N)cc2Br)nc(SC)n1. The number of anilines is 3. The summed E-state index contributed by atoms with van der Waals surface area (Å²) in [6, 6.07) is 9.33. The van der Waals surface area contributed by atoms with Gasteiger partial charge in [0.15, 0.2) is 5.16 Å². The third-order valence-corrected chi connectivity index (χ3v) is 3.81. The molecule has 0 fully saturated rings. The highest BCUT2D eigenvalue weighted by molar-refractivity contribution is 9.10. The van der Waals surface area contributed by atoms with Crippen molar-refractivity contribution in [3.63, 3.8) is 0 Å². The van der Waals surface area contributed by atoms with Gasteiger partial charge in [-0.05, 0) is 47.3 Å². The Bertz CT molecular complexity index is 684. The number of benzene rings is 1. The molecule has 0 radical (unpaired) electrons. The smallest absolute Gasteiger partial charge is 0.191 e. The van der Waals surface area contributed by atoms with Gasteiger partial charge in [-0.15, -0.1) is 0 Å². The summed E-state index contributed by atoms with van der Waals surface area (Å²) in [6.45, 7) is 2.82. The maximum Gasteiger partial charge on any atom is 0.191 e. The predicted molar refractivity (Wildman–Crippen MR) is 90.1 cm³/mol. The summed E-state index contributed by atoms with van der Waals surface area (Å²) in [5.41, 5.74) is 1.45. The van der Waals surface area contributed by atoms with Crippen LogP contribution in [-0.4, -0.2) is 22.8 Å². The first kappa shape index (κ1) is 15.6. The lowest BCUT2D eigenvalue weighted by molar-refractivity contribution is 0.967. The van der Waals surface area contributed by atoms with Crippen molar-refractivity contribution in [1.82, 2.24) is 9.97 Å². The molecule has 0 atom stereocenters. The summed E-state index contributed by atoms with van der Waals surface area (Å²) < 4.78 is 0.816. The zero-order valence-electron chi connectivity index (χ0n) is 11.6. The van der Waals surface area contributed by atoms with E-state index >= 15 is 0 Å². The minimum absolute atomic E-state index is 0.605. The van der Waals surface area contributed by atoms with Crippen molar-refractivity contribution < 1.29 is 0 Å². The topological polar surface area (TPSA) is 73.6 Å². The first-order valence-electron chi connectivity index (χ1n) is 6.30. The van der Waals surface area contributed by atoms with Crippen LogP contribution in [0.25, 0.3) is 0 Å². The Balaban J connectivity index is 2.30. The zero-order chi connectivity index (χ0) is 15.2. The molecule has 2 rings (SSSR count). The summed E-state index contributed by atoms with van der Waals surface area (Å²) in [4.78, 5) is 8.81. The van der Waals surface area contributed by atoms with Crippen LogP contribution in [0.15, 0.2) is 33.9 Å². The van der Waals surface area contributed by atoms with E-state index in [0.29, 0.717) is 16.5 Å². The Morgan fingerprint density at radius 2 is 2.05 bits per heavy atom. The lowest BCUT2D eigenvalue weighted by Crippen LogP contribution is -2.04. The van der Waals surface area contributed by atoms with E-state index in [4.69, 9.17) is 5.26 Å². The van der Waals surface area contributed by atoms with E-state index in [0.717, 1.165) is 22.5 Å². The molecule has 21 heavy (non-hydrogen) atoms. The number of hydrogen-bond donors (Lipinski definition) is 2. The molecule has 0 aliphatic rings. The maximum absolute atomic E-state index is 8.88. The second kappa shape index (κ2) is 7.29. The fourth-order valence-electron chi connectivity index (χ4n) is 1.68. The van der Waals surface area contributed by atoms with Crippen molar-refractivity contribution >= 4 is 45.0 Å². The van der Waals surface area contributed by atoms with Crippen LogP contribution in [0.5, 0.6) is 0 Å². The van der Waals surface area contributed by atoms with E-state index in [9.17, 15) is 0 Å². The number of halogens is 1. The van der Waals surface area contributed by atoms with Crippen molar-refractivity contribution in [2.24, 2.45) is 0 Å². The van der Waals surface area contributed by atoms with Crippen LogP contribution in [0.3, 0.4) is 0 Å². The third kappa shape index (κ3) is 4.09. The van der Waals surface area contributed by atoms with Crippen molar-refractivity contribution in [2.75, 3.05) is 23.4 Å². The van der Waals surface area contributed by atoms with Crippen LogP contribution in [-0.2, 0) is 0 Å². The van der Waals surface area contributed by atoms with Crippen LogP contribution >= 0.6 is 27.7 Å². The molecular formula is C14H14BrN5S. The Morgan fingerprint density at radius 3 is 2.67 bits per heavy atom. The average Bonchev–Trinajstić information content (AvgIpc) is 2.49. The van der Waals surface area contributed by atoms with E-state index in [2.05, 4.69) is 42.6 Å². The molecule has 2 aromatic rings. The second-order valence-corrected chi connectivity index (χ2v) is 5.71. The Hall–Kier alpha value is -1.78. The molecule has 0 amide bonds. The number of rotatable bonds is 5. The maximum atomic E-state index is 8.88. The van der Waals surface area contributed by atoms with E-state index in [-0.39, 0.29) is 0 Å². The van der Waals surface area contributed by atoms with E-state index in [1.165, 1.54) is 11.8 Å². The molecule has 1 aromatic carbocycles. The molecule has 5 nitrogen and oxygen atoms in total. The Morgan fingerprint density at radius 1 is 1.29 bits per heavy atom. The standard InChI is InChI=1S/C14H14BrN5S/c1-3-17-12-7-13(20-14(19-12)21-2)18-11-5-4-9(8-16)6-10(11)15/h4-7H,3H2,1-2H3,(H2,17,18,19,20). The Kier molecular flexibility index (Phi) is 5.42. The molecule has 0 bridgehead atoms. The molecule has 1 aromatic heterocycles. The van der Waals surface area contributed by atoms with E-state index in [1.54, 1.807) is 12.1 Å². The molecule has 0 saturated heterocycles. The third-order valence-electron chi connectivity index (χ3n) is 2.61. The summed E-state index contributed by atoms with van der Waals surface area (Å²) in [5, 5.41) is 16.0. The summed E-state index contributed by atoms with van der Waals surface area (Å²) in [5.74, 6) is 1.49. The number of nitrogens with one attached hydrogen (secondary N) is 2. The molecule has 108 valence electrons. The fraction of sp³-hybridized carbons (Fsp3) is 0.214. The van der Waals surface area contributed by atoms with Gasteiger partial charge in [-0.3, -0.25) is 0 Å². The molecule has 0 aliphatic carbocycles. The highest BCUT2D eigenvalue weighted by Crippen LogP contribution is 2.27. The minimum Gasteiger partial charge on any atom is -0.370 e. The molecule has 0 aliphatic heterocycles. The summed E-state index contributed by atoms with van der Waals surface area (Å²) in [7, 11) is 0. The highest BCUT2D eigenvalue weighted by atomic mass is 79.9. The lowest BCUT2D eigenvalue weighted by atomic mass is 10.2. The lowest BCUT2D eigenvalue weighted by Gasteiger charge is -2.11. The van der Waals surface area contributed by atoms with E-state index in [1.807, 2.05) is 25.3 Å². The van der Waals surface area contributed by atoms with Crippen LogP contribution in [0, 0.1) is 11.3 Å². The van der Waals surface area contributed by atoms with Crippen LogP contribution in [0.4, 0.5) is 17.3 Å². The molecule has 0 unspecified atom stereocenters. The van der Waals surface area contributed by atoms with Gasteiger partial charge in [-0.1, -0.05) is 11.8 Å². The van der Waals surface area contributed by atoms with E-state index < -0.39 is 0 Å². The van der Waals surface area contributed by atoms with Crippen LogP contribution in [0.2, 0.25) is 0 Å². The molecule has 1 heterocycles. The molecule has 0 spiro atoms. The Labute approximate surface area is 136 Å². The van der Waals surface area contributed by atoms with Gasteiger partial charge in [-0.25, -0.2) is 9.97 Å². The normalized spacial score (nSPS) is 10.0. The van der Waals surface area contributed by atoms with Crippen LogP contribution < -0.4 is 10.6 Å². The van der Waals surface area contributed by atoms with Gasteiger partial charge in [0.25, 0.3) is 0 Å².